The predicted octanol–water partition coefficient (Wildman–Crippen LogP) is 3.00. The maximum absolute atomic E-state index is 12.6. The monoisotopic (exact) mass is 344 g/mol. The van der Waals surface area contributed by atoms with Crippen molar-refractivity contribution in [3.05, 3.63) is 41.5 Å². The van der Waals surface area contributed by atoms with Crippen LogP contribution >= 0.6 is 0 Å². The van der Waals surface area contributed by atoms with E-state index in [-0.39, 0.29) is 18.1 Å². The first-order chi connectivity index (χ1) is 12.0. The van der Waals surface area contributed by atoms with E-state index in [4.69, 9.17) is 9.26 Å². The van der Waals surface area contributed by atoms with Crippen LogP contribution in [0.5, 0.6) is 5.75 Å². The maximum Gasteiger partial charge on any atom is 0.318 e. The van der Waals surface area contributed by atoms with Gasteiger partial charge in [-0.1, -0.05) is 17.3 Å². The number of likely N-dealkylation sites (tertiary alicyclic amines) is 1. The zero-order valence-electron chi connectivity index (χ0n) is 14.9. The Morgan fingerprint density at radius 1 is 1.48 bits per heavy atom. The molecule has 2 atom stereocenters. The van der Waals surface area contributed by atoms with Gasteiger partial charge in [-0.15, -0.1) is 0 Å². The van der Waals surface area contributed by atoms with Gasteiger partial charge < -0.3 is 19.5 Å². The summed E-state index contributed by atoms with van der Waals surface area (Å²) in [6.07, 6.45) is 1.78. The third kappa shape index (κ3) is 4.29. The molecule has 25 heavy (non-hydrogen) atoms. The number of benzene rings is 1. The van der Waals surface area contributed by atoms with E-state index in [1.165, 1.54) is 0 Å². The molecule has 1 N–H and O–H groups in total. The molecule has 0 spiro atoms. The molecule has 1 aromatic carbocycles. The normalized spacial score (nSPS) is 18.2. The molecule has 1 fully saturated rings. The van der Waals surface area contributed by atoms with Gasteiger partial charge in [0.25, 0.3) is 0 Å². The van der Waals surface area contributed by atoms with Gasteiger partial charge in [-0.2, -0.15) is 4.98 Å². The molecule has 1 saturated heterocycles. The number of rotatable bonds is 5. The van der Waals surface area contributed by atoms with Crippen LogP contribution in [0.2, 0.25) is 0 Å². The van der Waals surface area contributed by atoms with Gasteiger partial charge in [0.2, 0.25) is 5.89 Å². The summed E-state index contributed by atoms with van der Waals surface area (Å²) in [7, 11) is 0. The number of aromatic nitrogens is 2. The Kier molecular flexibility index (Phi) is 5.21. The fourth-order valence-electron chi connectivity index (χ4n) is 2.99. The number of nitrogens with one attached hydrogen (secondary N) is 1. The van der Waals surface area contributed by atoms with E-state index < -0.39 is 0 Å². The molecule has 0 aliphatic carbocycles. The lowest BCUT2D eigenvalue weighted by Gasteiger charge is -2.25. The van der Waals surface area contributed by atoms with Crippen molar-refractivity contribution in [1.82, 2.24) is 20.4 Å². The second-order valence-electron chi connectivity index (χ2n) is 6.50. The molecule has 0 unspecified atom stereocenters. The summed E-state index contributed by atoms with van der Waals surface area (Å²) in [5.41, 5.74) is 1.14. The fraction of sp³-hybridized carbons (Fsp3) is 0.500. The highest BCUT2D eigenvalue weighted by atomic mass is 16.5. The number of carbonyl (C=O) groups is 1. The van der Waals surface area contributed by atoms with Crippen molar-refractivity contribution in [1.29, 1.82) is 0 Å². The summed E-state index contributed by atoms with van der Waals surface area (Å²) in [6, 6.07) is 7.51. The van der Waals surface area contributed by atoms with Crippen molar-refractivity contribution in [3.8, 4) is 5.75 Å². The van der Waals surface area contributed by atoms with Gasteiger partial charge in [-0.05, 0) is 44.4 Å². The van der Waals surface area contributed by atoms with Crippen LogP contribution in [0, 0.1) is 13.8 Å². The summed E-state index contributed by atoms with van der Waals surface area (Å²) in [6.45, 7) is 6.80. The highest BCUT2D eigenvalue weighted by Gasteiger charge is 2.33. The minimum absolute atomic E-state index is 0.110. The van der Waals surface area contributed by atoms with Gasteiger partial charge in [0, 0.05) is 13.5 Å². The standard InChI is InChI=1S/C18H24N4O3/c1-12-6-4-7-15(10-12)24-11-13(2)19-18(23)22-9-5-8-16(22)17-20-14(3)25-21-17/h4,6-7,10,13,16H,5,8-9,11H2,1-3H3,(H,19,23)/t13-,16-/m0/s1. The maximum atomic E-state index is 12.6. The third-order valence-electron chi connectivity index (χ3n) is 4.21. The molecule has 7 heteroatoms. The predicted molar refractivity (Wildman–Crippen MR) is 92.4 cm³/mol. The Hall–Kier alpha value is -2.57. The largest absolute Gasteiger partial charge is 0.491 e. The Bertz CT molecular complexity index is 731. The van der Waals surface area contributed by atoms with E-state index in [9.17, 15) is 4.79 Å². The van der Waals surface area contributed by atoms with Crippen molar-refractivity contribution < 1.29 is 14.1 Å². The molecule has 3 rings (SSSR count). The summed E-state index contributed by atoms with van der Waals surface area (Å²) in [4.78, 5) is 18.6. The molecule has 2 amide bonds. The van der Waals surface area contributed by atoms with Gasteiger partial charge in [0.05, 0.1) is 12.1 Å². The SMILES string of the molecule is Cc1cccc(OC[C@H](C)NC(=O)N2CCC[C@H]2c2noc(C)n2)c1. The van der Waals surface area contributed by atoms with E-state index in [1.54, 1.807) is 11.8 Å². The van der Waals surface area contributed by atoms with Crippen molar-refractivity contribution in [2.24, 2.45) is 0 Å². The first-order valence-electron chi connectivity index (χ1n) is 8.60. The Labute approximate surface area is 147 Å². The number of ether oxygens (including phenoxy) is 1. The van der Waals surface area contributed by atoms with Crippen molar-refractivity contribution in [2.75, 3.05) is 13.2 Å². The van der Waals surface area contributed by atoms with Crippen LogP contribution in [0.4, 0.5) is 4.79 Å². The Morgan fingerprint density at radius 3 is 3.04 bits per heavy atom. The molecule has 0 radical (unpaired) electrons. The smallest absolute Gasteiger partial charge is 0.318 e. The van der Waals surface area contributed by atoms with Crippen LogP contribution in [-0.2, 0) is 0 Å². The quantitative estimate of drug-likeness (QED) is 0.902. The van der Waals surface area contributed by atoms with Crippen LogP contribution < -0.4 is 10.1 Å². The minimum Gasteiger partial charge on any atom is -0.491 e. The topological polar surface area (TPSA) is 80.5 Å². The lowest BCUT2D eigenvalue weighted by atomic mass is 10.2. The van der Waals surface area contributed by atoms with E-state index >= 15 is 0 Å². The molecule has 0 bridgehead atoms. The van der Waals surface area contributed by atoms with Crippen LogP contribution in [0.1, 0.15) is 43.1 Å². The van der Waals surface area contributed by atoms with Crippen molar-refractivity contribution >= 4 is 6.03 Å². The molecular formula is C18H24N4O3. The number of hydrogen-bond acceptors (Lipinski definition) is 5. The minimum atomic E-state index is -0.123. The number of nitrogens with zero attached hydrogens (tertiary/aromatic N) is 3. The summed E-state index contributed by atoms with van der Waals surface area (Å²) in [5.74, 6) is 1.90. The van der Waals surface area contributed by atoms with Crippen LogP contribution in [0.15, 0.2) is 28.8 Å². The van der Waals surface area contributed by atoms with Gasteiger partial charge in [-0.3, -0.25) is 0 Å². The molecule has 1 aliphatic heterocycles. The number of amides is 2. The molecule has 2 aromatic rings. The lowest BCUT2D eigenvalue weighted by Crippen LogP contribution is -2.45. The fourth-order valence-corrected chi connectivity index (χ4v) is 2.99. The second-order valence-corrected chi connectivity index (χ2v) is 6.50. The molecular weight excluding hydrogens is 320 g/mol. The summed E-state index contributed by atoms with van der Waals surface area (Å²) < 4.78 is 10.8. The first kappa shape index (κ1) is 17.3. The van der Waals surface area contributed by atoms with Crippen molar-refractivity contribution in [3.63, 3.8) is 0 Å². The van der Waals surface area contributed by atoms with E-state index in [0.717, 1.165) is 24.2 Å². The van der Waals surface area contributed by atoms with E-state index in [2.05, 4.69) is 15.5 Å². The third-order valence-corrected chi connectivity index (χ3v) is 4.21. The number of aryl methyl sites for hydroxylation is 2. The molecule has 134 valence electrons. The first-order valence-corrected chi connectivity index (χ1v) is 8.60. The van der Waals surface area contributed by atoms with Gasteiger partial charge >= 0.3 is 6.03 Å². The van der Waals surface area contributed by atoms with Gasteiger partial charge in [-0.25, -0.2) is 4.79 Å². The van der Waals surface area contributed by atoms with E-state index in [1.807, 2.05) is 38.1 Å². The number of carbonyl (C=O) groups excluding carboxylic acids is 1. The van der Waals surface area contributed by atoms with Crippen molar-refractivity contribution in [2.45, 2.75) is 45.7 Å². The second kappa shape index (κ2) is 7.55. The molecule has 1 aliphatic rings. The highest BCUT2D eigenvalue weighted by Crippen LogP contribution is 2.30. The highest BCUT2D eigenvalue weighted by molar-refractivity contribution is 5.75. The van der Waals surface area contributed by atoms with Crippen LogP contribution in [0.25, 0.3) is 0 Å². The average molecular weight is 344 g/mol. The zero-order valence-corrected chi connectivity index (χ0v) is 14.9. The average Bonchev–Trinajstić information content (AvgIpc) is 3.21. The van der Waals surface area contributed by atoms with Gasteiger partial charge in [0.15, 0.2) is 5.82 Å². The number of urea groups is 1. The molecule has 1 aromatic heterocycles. The summed E-state index contributed by atoms with van der Waals surface area (Å²) in [5, 5.41) is 6.95. The Morgan fingerprint density at radius 2 is 2.32 bits per heavy atom. The van der Waals surface area contributed by atoms with Crippen LogP contribution in [-0.4, -0.2) is 40.3 Å². The summed E-state index contributed by atoms with van der Waals surface area (Å²) >= 11 is 0. The molecule has 2 heterocycles. The van der Waals surface area contributed by atoms with E-state index in [0.29, 0.717) is 24.9 Å². The number of hydrogen-bond donors (Lipinski definition) is 1. The van der Waals surface area contributed by atoms with Crippen LogP contribution in [0.3, 0.4) is 0 Å². The Balaban J connectivity index is 1.54. The zero-order chi connectivity index (χ0) is 17.8. The lowest BCUT2D eigenvalue weighted by molar-refractivity contribution is 0.180. The molecule has 7 nitrogen and oxygen atoms in total. The van der Waals surface area contributed by atoms with Gasteiger partial charge in [0.1, 0.15) is 12.4 Å². The molecule has 0 saturated carbocycles.